The smallest absolute Gasteiger partial charge is 0.251 e. The average Bonchev–Trinajstić information content (AvgIpc) is 3.22. The molecule has 0 radical (unpaired) electrons. The molecule has 0 aliphatic heterocycles. The summed E-state index contributed by atoms with van der Waals surface area (Å²) in [7, 11) is 0. The highest BCUT2D eigenvalue weighted by atomic mass is 19.1. The first-order valence-electron chi connectivity index (χ1n) is 10.2. The molecule has 1 aliphatic carbocycles. The number of para-hydroxylation sites is 1. The summed E-state index contributed by atoms with van der Waals surface area (Å²) in [6.07, 6.45) is 4.14. The van der Waals surface area contributed by atoms with Crippen molar-refractivity contribution in [3.05, 3.63) is 78.0 Å². The topological polar surface area (TPSA) is 76.0 Å². The lowest BCUT2D eigenvalue weighted by molar-refractivity contribution is -0.120. The van der Waals surface area contributed by atoms with Crippen LogP contribution in [0.4, 0.5) is 14.6 Å². The number of hydrogen-bond acceptors (Lipinski definition) is 3. The van der Waals surface area contributed by atoms with Gasteiger partial charge in [0.05, 0.1) is 0 Å². The Morgan fingerprint density at radius 3 is 2.48 bits per heavy atom. The van der Waals surface area contributed by atoms with E-state index in [1.807, 2.05) is 0 Å². The summed E-state index contributed by atoms with van der Waals surface area (Å²) in [5.41, 5.74) is 0.586. The van der Waals surface area contributed by atoms with Gasteiger partial charge in [-0.3, -0.25) is 9.59 Å². The Bertz CT molecular complexity index is 1090. The van der Waals surface area contributed by atoms with E-state index < -0.39 is 11.6 Å². The Balaban J connectivity index is 1.29. The predicted molar refractivity (Wildman–Crippen MR) is 112 cm³/mol. The molecular weight excluding hydrogens is 402 g/mol. The third-order valence-corrected chi connectivity index (χ3v) is 5.46. The molecule has 0 spiro atoms. The van der Waals surface area contributed by atoms with E-state index in [-0.39, 0.29) is 29.3 Å². The summed E-state index contributed by atoms with van der Waals surface area (Å²) in [5.74, 6) is -1.15. The molecule has 0 bridgehead atoms. The van der Waals surface area contributed by atoms with Gasteiger partial charge in [0.15, 0.2) is 5.82 Å². The minimum atomic E-state index is -0.453. The highest BCUT2D eigenvalue weighted by Gasteiger charge is 2.27. The third-order valence-electron chi connectivity index (χ3n) is 5.46. The second-order valence-electron chi connectivity index (χ2n) is 7.62. The van der Waals surface area contributed by atoms with E-state index in [0.29, 0.717) is 37.2 Å². The van der Waals surface area contributed by atoms with Crippen molar-refractivity contribution in [2.24, 2.45) is 5.92 Å². The number of anilines is 1. The van der Waals surface area contributed by atoms with Crippen LogP contribution >= 0.6 is 0 Å². The molecule has 2 N–H and O–H groups in total. The van der Waals surface area contributed by atoms with Crippen molar-refractivity contribution >= 4 is 17.6 Å². The summed E-state index contributed by atoms with van der Waals surface area (Å²) in [5, 5.41) is 9.92. The summed E-state index contributed by atoms with van der Waals surface area (Å²) in [6.45, 7) is 0. The first kappa shape index (κ1) is 20.7. The molecule has 8 heteroatoms. The van der Waals surface area contributed by atoms with Crippen LogP contribution in [0.2, 0.25) is 0 Å². The Morgan fingerprint density at radius 2 is 1.74 bits per heavy atom. The van der Waals surface area contributed by atoms with Crippen molar-refractivity contribution in [1.82, 2.24) is 15.1 Å². The molecule has 160 valence electrons. The van der Waals surface area contributed by atoms with Gasteiger partial charge < -0.3 is 10.6 Å². The van der Waals surface area contributed by atoms with E-state index in [0.717, 1.165) is 0 Å². The van der Waals surface area contributed by atoms with Crippen LogP contribution < -0.4 is 10.6 Å². The molecule has 3 aromatic rings. The van der Waals surface area contributed by atoms with Crippen molar-refractivity contribution in [2.45, 2.75) is 31.7 Å². The van der Waals surface area contributed by atoms with E-state index in [9.17, 15) is 18.4 Å². The van der Waals surface area contributed by atoms with E-state index in [1.54, 1.807) is 36.5 Å². The van der Waals surface area contributed by atoms with Gasteiger partial charge in [-0.25, -0.2) is 13.5 Å². The monoisotopic (exact) mass is 424 g/mol. The molecule has 6 nitrogen and oxygen atoms in total. The molecular formula is C23H22F2N4O2. The highest BCUT2D eigenvalue weighted by Crippen LogP contribution is 2.26. The molecule has 1 fully saturated rings. The van der Waals surface area contributed by atoms with Crippen molar-refractivity contribution in [3.8, 4) is 5.69 Å². The van der Waals surface area contributed by atoms with E-state index in [4.69, 9.17) is 0 Å². The summed E-state index contributed by atoms with van der Waals surface area (Å²) < 4.78 is 28.6. The second-order valence-corrected chi connectivity index (χ2v) is 7.62. The minimum Gasteiger partial charge on any atom is -0.349 e. The maximum atomic E-state index is 13.9. The number of halogens is 2. The zero-order valence-electron chi connectivity index (χ0n) is 16.7. The molecule has 2 aromatic carbocycles. The first-order valence-corrected chi connectivity index (χ1v) is 10.2. The Kier molecular flexibility index (Phi) is 6.06. The standard InChI is InChI=1S/C23H22F2N4O2/c24-17-5-3-4-16(14-17)23(31)26-18-10-8-15(9-11-18)22(30)27-21-12-13-29(28-21)20-7-2-1-6-19(20)25/h1-7,12-15,18H,8-11H2,(H,26,31)(H,27,28,30). The van der Waals surface area contributed by atoms with Gasteiger partial charge in [0.1, 0.15) is 17.3 Å². The number of carbonyl (C=O) groups excluding carboxylic acids is 2. The SMILES string of the molecule is O=C(NC1CCC(C(=O)Nc2ccn(-c3ccccc3F)n2)CC1)c1cccc(F)c1. The number of rotatable bonds is 5. The lowest BCUT2D eigenvalue weighted by Gasteiger charge is -2.28. The molecule has 1 aliphatic rings. The Hall–Kier alpha value is -3.55. The quantitative estimate of drug-likeness (QED) is 0.648. The van der Waals surface area contributed by atoms with Crippen LogP contribution in [0.25, 0.3) is 5.69 Å². The number of aromatic nitrogens is 2. The molecule has 4 rings (SSSR count). The van der Waals surface area contributed by atoms with Gasteiger partial charge >= 0.3 is 0 Å². The largest absolute Gasteiger partial charge is 0.349 e. The van der Waals surface area contributed by atoms with Crippen LogP contribution in [0.3, 0.4) is 0 Å². The summed E-state index contributed by atoms with van der Waals surface area (Å²) in [4.78, 5) is 24.9. The number of benzene rings is 2. The summed E-state index contributed by atoms with van der Waals surface area (Å²) in [6, 6.07) is 13.4. The molecule has 31 heavy (non-hydrogen) atoms. The molecule has 1 saturated carbocycles. The van der Waals surface area contributed by atoms with Crippen molar-refractivity contribution in [3.63, 3.8) is 0 Å². The maximum Gasteiger partial charge on any atom is 0.251 e. The molecule has 1 aromatic heterocycles. The fourth-order valence-electron chi connectivity index (χ4n) is 3.79. The van der Waals surface area contributed by atoms with Crippen molar-refractivity contribution in [1.29, 1.82) is 0 Å². The molecule has 0 unspecified atom stereocenters. The van der Waals surface area contributed by atoms with E-state index in [1.165, 1.54) is 28.9 Å². The average molecular weight is 424 g/mol. The number of nitrogens with one attached hydrogen (secondary N) is 2. The van der Waals surface area contributed by atoms with Crippen LogP contribution in [0.1, 0.15) is 36.0 Å². The van der Waals surface area contributed by atoms with Crippen LogP contribution in [-0.4, -0.2) is 27.6 Å². The molecule has 1 heterocycles. The lowest BCUT2D eigenvalue weighted by atomic mass is 9.85. The van der Waals surface area contributed by atoms with Crippen molar-refractivity contribution < 1.29 is 18.4 Å². The Morgan fingerprint density at radius 1 is 0.968 bits per heavy atom. The maximum absolute atomic E-state index is 13.9. The Labute approximate surface area is 178 Å². The van der Waals surface area contributed by atoms with Gasteiger partial charge in [-0.05, 0) is 56.0 Å². The van der Waals surface area contributed by atoms with Gasteiger partial charge in [-0.1, -0.05) is 18.2 Å². The zero-order chi connectivity index (χ0) is 21.8. The number of carbonyl (C=O) groups is 2. The fourth-order valence-corrected chi connectivity index (χ4v) is 3.79. The van der Waals surface area contributed by atoms with Crippen LogP contribution in [-0.2, 0) is 4.79 Å². The molecule has 0 saturated heterocycles. The second kappa shape index (κ2) is 9.07. The molecule has 0 atom stereocenters. The van der Waals surface area contributed by atoms with Gasteiger partial charge in [0, 0.05) is 29.8 Å². The highest BCUT2D eigenvalue weighted by molar-refractivity contribution is 5.94. The fraction of sp³-hybridized carbons (Fsp3) is 0.261. The number of nitrogens with zero attached hydrogens (tertiary/aromatic N) is 2. The zero-order valence-corrected chi connectivity index (χ0v) is 16.7. The third kappa shape index (κ3) is 4.96. The summed E-state index contributed by atoms with van der Waals surface area (Å²) >= 11 is 0. The van der Waals surface area contributed by atoms with Crippen molar-refractivity contribution in [2.75, 3.05) is 5.32 Å². The van der Waals surface area contributed by atoms with Crippen LogP contribution in [0.15, 0.2) is 60.8 Å². The van der Waals surface area contributed by atoms with Gasteiger partial charge in [-0.15, -0.1) is 5.10 Å². The van der Waals surface area contributed by atoms with Gasteiger partial charge in [0.2, 0.25) is 5.91 Å². The number of hydrogen-bond donors (Lipinski definition) is 2. The van der Waals surface area contributed by atoms with Crippen LogP contribution in [0, 0.1) is 17.6 Å². The van der Waals surface area contributed by atoms with Gasteiger partial charge in [-0.2, -0.15) is 0 Å². The van der Waals surface area contributed by atoms with E-state index in [2.05, 4.69) is 15.7 Å². The first-order chi connectivity index (χ1) is 15.0. The normalized spacial score (nSPS) is 18.4. The van der Waals surface area contributed by atoms with Gasteiger partial charge in [0.25, 0.3) is 5.91 Å². The minimum absolute atomic E-state index is 0.0555. The lowest BCUT2D eigenvalue weighted by Crippen LogP contribution is -2.39. The van der Waals surface area contributed by atoms with E-state index >= 15 is 0 Å². The predicted octanol–water partition coefficient (Wildman–Crippen LogP) is 4.08. The van der Waals surface area contributed by atoms with Crippen LogP contribution in [0.5, 0.6) is 0 Å². The number of amides is 2. The molecule has 2 amide bonds.